The van der Waals surface area contributed by atoms with E-state index in [0.717, 1.165) is 24.0 Å². The van der Waals surface area contributed by atoms with Crippen LogP contribution in [0.15, 0.2) is 58.3 Å². The summed E-state index contributed by atoms with van der Waals surface area (Å²) in [6.45, 7) is 0. The van der Waals surface area contributed by atoms with E-state index >= 15 is 0 Å². The van der Waals surface area contributed by atoms with Crippen LogP contribution in [0.4, 0.5) is 0 Å². The molecule has 4 bridgehead atoms. The Kier molecular flexibility index (Phi) is 3.35. The molecule has 7 heteroatoms. The zero-order valence-electron chi connectivity index (χ0n) is 10.9. The maximum Gasteiger partial charge on any atom is 0.311 e. The average molecular weight is 324 g/mol. The first-order valence-corrected chi connectivity index (χ1v) is 9.07. The van der Waals surface area contributed by atoms with E-state index in [2.05, 4.69) is 3.63 Å². The Morgan fingerprint density at radius 3 is 1.29 bits per heavy atom. The number of hydrogen-bond donors (Lipinski definition) is 0. The fourth-order valence-electron chi connectivity index (χ4n) is 2.13. The molecule has 0 fully saturated rings. The first kappa shape index (κ1) is 14.2. The quantitative estimate of drug-likeness (QED) is 0.739. The van der Waals surface area contributed by atoms with Crippen LogP contribution >= 0.6 is 0 Å². The Morgan fingerprint density at radius 2 is 0.952 bits per heavy atom. The Bertz CT molecular complexity index is 788. The molecule has 2 aromatic rings. The van der Waals surface area contributed by atoms with Crippen LogP contribution in [0, 0.1) is 0 Å². The summed E-state index contributed by atoms with van der Waals surface area (Å²) in [5, 5.41) is 0. The Balaban J connectivity index is 2.19. The molecule has 0 amide bonds. The summed E-state index contributed by atoms with van der Waals surface area (Å²) in [5.41, 5.74) is 1.94. The van der Waals surface area contributed by atoms with E-state index < -0.39 is 20.2 Å². The average Bonchev–Trinajstić information content (AvgIpc) is 2.45. The van der Waals surface area contributed by atoms with Gasteiger partial charge in [-0.25, -0.2) is 0 Å². The van der Waals surface area contributed by atoms with Crippen molar-refractivity contribution in [1.29, 1.82) is 0 Å². The highest BCUT2D eigenvalue weighted by atomic mass is 32.3. The van der Waals surface area contributed by atoms with Crippen LogP contribution in [0.5, 0.6) is 0 Å². The third-order valence-corrected chi connectivity index (χ3v) is 6.44. The van der Waals surface area contributed by atoms with Crippen molar-refractivity contribution in [3.05, 3.63) is 59.7 Å². The summed E-state index contributed by atoms with van der Waals surface area (Å²) in [6.07, 6.45) is 1.49. The van der Waals surface area contributed by atoms with Gasteiger partial charge in [-0.05, 0) is 48.2 Å². The number of aryl methyl sites for hydroxylation is 2. The molecule has 0 saturated heterocycles. The molecule has 5 nitrogen and oxygen atoms in total. The van der Waals surface area contributed by atoms with E-state index in [4.69, 9.17) is 0 Å². The molecule has 21 heavy (non-hydrogen) atoms. The van der Waals surface area contributed by atoms with Gasteiger partial charge in [0, 0.05) is 0 Å². The smallest absolute Gasteiger partial charge is 0.193 e. The lowest BCUT2D eigenvalue weighted by atomic mass is 10.0. The molecule has 0 N–H and O–H groups in total. The van der Waals surface area contributed by atoms with Gasteiger partial charge in [-0.3, -0.25) is 0 Å². The van der Waals surface area contributed by atoms with E-state index in [9.17, 15) is 16.8 Å². The van der Waals surface area contributed by atoms with Crippen molar-refractivity contribution in [3.8, 4) is 0 Å². The number of rotatable bonds is 0. The monoisotopic (exact) mass is 324 g/mol. The third-order valence-electron chi connectivity index (χ3n) is 3.31. The molecule has 4 aliphatic rings. The summed E-state index contributed by atoms with van der Waals surface area (Å²) >= 11 is 0. The minimum absolute atomic E-state index is 0.176. The van der Waals surface area contributed by atoms with Crippen molar-refractivity contribution >= 4 is 20.2 Å². The Hall–Kier alpha value is -1.70. The van der Waals surface area contributed by atoms with Crippen molar-refractivity contribution in [3.63, 3.8) is 0 Å². The van der Waals surface area contributed by atoms with Crippen molar-refractivity contribution in [1.82, 2.24) is 0 Å². The molecule has 2 aromatic carbocycles. The molecule has 4 aliphatic heterocycles. The number of hydrogen-bond acceptors (Lipinski definition) is 5. The zero-order chi connectivity index (χ0) is 15.1. The van der Waals surface area contributed by atoms with Gasteiger partial charge in [0.05, 0.1) is 9.79 Å². The first-order chi connectivity index (χ1) is 9.87. The van der Waals surface area contributed by atoms with Gasteiger partial charge in [-0.1, -0.05) is 24.3 Å². The first-order valence-electron chi connectivity index (χ1n) is 6.26. The molecule has 0 spiro atoms. The fraction of sp³-hybridized carbons (Fsp3) is 0.143. The largest absolute Gasteiger partial charge is 0.311 e. The Morgan fingerprint density at radius 1 is 0.619 bits per heavy atom. The standard InChI is InChI=1S/C14H12O5S2/c15-20(16)13-7-3-11(4-8-13)1-2-12-5-9-14(10-6-12)21(17,18)19-20/h3-10H,1-2H2. The van der Waals surface area contributed by atoms with Gasteiger partial charge in [-0.15, -0.1) is 3.63 Å². The van der Waals surface area contributed by atoms with Gasteiger partial charge in [0.1, 0.15) is 0 Å². The van der Waals surface area contributed by atoms with E-state index in [1.165, 1.54) is 24.3 Å². The van der Waals surface area contributed by atoms with Crippen LogP contribution in [-0.2, 0) is 36.7 Å². The topological polar surface area (TPSA) is 77.5 Å². The van der Waals surface area contributed by atoms with E-state index in [-0.39, 0.29) is 9.79 Å². The van der Waals surface area contributed by atoms with Gasteiger partial charge in [-0.2, -0.15) is 16.8 Å². The predicted octanol–water partition coefficient (Wildman–Crippen LogP) is 1.88. The molecular formula is C14H12O5S2. The maximum atomic E-state index is 12.0. The molecule has 4 heterocycles. The second kappa shape index (κ2) is 4.94. The molecule has 6 rings (SSSR count). The lowest BCUT2D eigenvalue weighted by Crippen LogP contribution is -2.14. The van der Waals surface area contributed by atoms with Crippen molar-refractivity contribution in [2.75, 3.05) is 0 Å². The van der Waals surface area contributed by atoms with Crippen LogP contribution in [-0.4, -0.2) is 16.8 Å². The van der Waals surface area contributed by atoms with Crippen LogP contribution in [0.1, 0.15) is 11.1 Å². The van der Waals surface area contributed by atoms with Crippen LogP contribution < -0.4 is 0 Å². The van der Waals surface area contributed by atoms with Crippen LogP contribution in [0.25, 0.3) is 0 Å². The van der Waals surface area contributed by atoms with Crippen LogP contribution in [0.2, 0.25) is 0 Å². The molecule has 0 saturated carbocycles. The lowest BCUT2D eigenvalue weighted by Gasteiger charge is -2.06. The highest BCUT2D eigenvalue weighted by molar-refractivity contribution is 7.99. The molecule has 0 aliphatic carbocycles. The Labute approximate surface area is 123 Å². The van der Waals surface area contributed by atoms with E-state index in [1.807, 2.05) is 0 Å². The zero-order valence-corrected chi connectivity index (χ0v) is 12.5. The second-order valence-corrected chi connectivity index (χ2v) is 8.07. The van der Waals surface area contributed by atoms with Crippen molar-refractivity contribution in [2.24, 2.45) is 0 Å². The minimum Gasteiger partial charge on any atom is -0.193 e. The SMILES string of the molecule is O=S1(=O)OS(=O)(=O)c2ccc(cc2)CCc2ccc1cc2. The maximum absolute atomic E-state index is 12.0. The molecule has 0 atom stereocenters. The van der Waals surface area contributed by atoms with Gasteiger partial charge >= 0.3 is 20.2 Å². The van der Waals surface area contributed by atoms with Gasteiger partial charge in [0.2, 0.25) is 0 Å². The summed E-state index contributed by atoms with van der Waals surface area (Å²) in [7, 11) is -8.72. The molecule has 110 valence electrons. The predicted molar refractivity (Wildman–Crippen MR) is 75.7 cm³/mol. The third kappa shape index (κ3) is 2.85. The molecular weight excluding hydrogens is 312 g/mol. The van der Waals surface area contributed by atoms with Crippen molar-refractivity contribution in [2.45, 2.75) is 22.6 Å². The van der Waals surface area contributed by atoms with Gasteiger partial charge in [0.15, 0.2) is 0 Å². The highest BCUT2D eigenvalue weighted by Crippen LogP contribution is 2.22. The summed E-state index contributed by atoms with van der Waals surface area (Å²) in [4.78, 5) is -0.352. The van der Waals surface area contributed by atoms with Gasteiger partial charge < -0.3 is 0 Å². The van der Waals surface area contributed by atoms with Crippen LogP contribution in [0.3, 0.4) is 0 Å². The molecule has 0 aromatic heterocycles. The summed E-state index contributed by atoms with van der Waals surface area (Å²) < 4.78 is 52.6. The fourth-order valence-corrected chi connectivity index (χ4v) is 4.64. The van der Waals surface area contributed by atoms with E-state index in [0.29, 0.717) is 0 Å². The van der Waals surface area contributed by atoms with Gasteiger partial charge in [0.25, 0.3) is 0 Å². The summed E-state index contributed by atoms with van der Waals surface area (Å²) in [5.74, 6) is 0. The minimum atomic E-state index is -4.36. The lowest BCUT2D eigenvalue weighted by molar-refractivity contribution is 0.462. The highest BCUT2D eigenvalue weighted by Gasteiger charge is 2.27. The number of benzene rings is 2. The second-order valence-electron chi connectivity index (χ2n) is 4.76. The molecule has 0 unspecified atom stereocenters. The normalized spacial score (nSPS) is 19.4. The van der Waals surface area contributed by atoms with E-state index in [1.54, 1.807) is 24.3 Å². The van der Waals surface area contributed by atoms with Crippen molar-refractivity contribution < 1.29 is 20.5 Å². The molecule has 0 radical (unpaired) electrons. The summed E-state index contributed by atoms with van der Waals surface area (Å²) in [6, 6.07) is 12.1.